The number of benzene rings is 1. The van der Waals surface area contributed by atoms with Crippen LogP contribution in [0.1, 0.15) is 48.9 Å². The number of hydrogen-bond acceptors (Lipinski definition) is 2. The zero-order chi connectivity index (χ0) is 14.3. The van der Waals surface area contributed by atoms with E-state index in [1.807, 2.05) is 0 Å². The maximum atomic E-state index is 13.2. The summed E-state index contributed by atoms with van der Waals surface area (Å²) in [6.45, 7) is -2.30. The molecule has 2 aliphatic heterocycles. The van der Waals surface area contributed by atoms with Gasteiger partial charge in [-0.3, -0.25) is 0 Å². The third kappa shape index (κ3) is 2.33. The number of halogens is 2. The summed E-state index contributed by atoms with van der Waals surface area (Å²) in [5.74, 6) is 0. The SMILES string of the molecule is O=C(c1c(Cl)cccc1Cl)[PH]1(S)C2CCCCC1CC2. The van der Waals surface area contributed by atoms with E-state index in [0.29, 0.717) is 26.9 Å². The van der Waals surface area contributed by atoms with Crippen molar-refractivity contribution in [3.63, 3.8) is 0 Å². The molecule has 0 N–H and O–H groups in total. The Kier molecular flexibility index (Phi) is 4.40. The van der Waals surface area contributed by atoms with Gasteiger partial charge in [0.25, 0.3) is 0 Å². The average molecular weight is 349 g/mol. The van der Waals surface area contributed by atoms with Crippen LogP contribution >= 0.6 is 41.9 Å². The van der Waals surface area contributed by atoms with E-state index in [9.17, 15) is 4.79 Å². The van der Waals surface area contributed by atoms with Crippen molar-refractivity contribution >= 4 is 47.4 Å². The first kappa shape index (κ1) is 15.2. The molecule has 2 bridgehead atoms. The summed E-state index contributed by atoms with van der Waals surface area (Å²) in [6, 6.07) is 5.30. The van der Waals surface area contributed by atoms with E-state index in [1.165, 1.54) is 12.8 Å². The quantitative estimate of drug-likeness (QED) is 0.525. The van der Waals surface area contributed by atoms with Crippen LogP contribution in [0.3, 0.4) is 0 Å². The van der Waals surface area contributed by atoms with E-state index in [1.54, 1.807) is 18.2 Å². The predicted molar refractivity (Wildman–Crippen MR) is 93.4 cm³/mol. The molecular weight excluding hydrogens is 330 g/mol. The minimum atomic E-state index is -2.30. The predicted octanol–water partition coefficient (Wildman–Crippen LogP) is 5.83. The van der Waals surface area contributed by atoms with Crippen molar-refractivity contribution in [1.29, 1.82) is 0 Å². The molecule has 2 fully saturated rings. The first-order valence-electron chi connectivity index (χ1n) is 7.26. The van der Waals surface area contributed by atoms with Gasteiger partial charge >= 0.3 is 136 Å². The third-order valence-electron chi connectivity index (χ3n) is 5.02. The maximum absolute atomic E-state index is 13.2. The molecule has 1 aromatic carbocycles. The first-order valence-corrected chi connectivity index (χ1v) is 11.5. The van der Waals surface area contributed by atoms with Crippen LogP contribution in [0, 0.1) is 0 Å². The van der Waals surface area contributed by atoms with Crippen molar-refractivity contribution in [2.75, 3.05) is 0 Å². The molecule has 2 aliphatic rings. The van der Waals surface area contributed by atoms with Gasteiger partial charge in [-0.1, -0.05) is 0 Å². The van der Waals surface area contributed by atoms with Crippen molar-refractivity contribution in [1.82, 2.24) is 0 Å². The number of carbonyl (C=O) groups is 1. The fraction of sp³-hybridized carbons (Fsp3) is 0.533. The number of thiol groups is 1. The van der Waals surface area contributed by atoms with E-state index in [2.05, 4.69) is 0 Å². The van der Waals surface area contributed by atoms with Crippen molar-refractivity contribution in [3.8, 4) is 0 Å². The molecule has 0 spiro atoms. The van der Waals surface area contributed by atoms with Crippen LogP contribution in [0.4, 0.5) is 0 Å². The van der Waals surface area contributed by atoms with Crippen LogP contribution in [0.2, 0.25) is 10.0 Å². The van der Waals surface area contributed by atoms with Crippen molar-refractivity contribution in [2.24, 2.45) is 0 Å². The van der Waals surface area contributed by atoms with Crippen molar-refractivity contribution in [3.05, 3.63) is 33.8 Å². The Morgan fingerprint density at radius 2 is 1.55 bits per heavy atom. The van der Waals surface area contributed by atoms with Gasteiger partial charge in [-0.2, -0.15) is 0 Å². The number of carbonyl (C=O) groups excluding carboxylic acids is 1. The molecule has 0 radical (unpaired) electrons. The van der Waals surface area contributed by atoms with E-state index >= 15 is 0 Å². The molecule has 2 saturated heterocycles. The Morgan fingerprint density at radius 3 is 2.05 bits per heavy atom. The zero-order valence-electron chi connectivity index (χ0n) is 11.2. The van der Waals surface area contributed by atoms with Gasteiger partial charge in [0, 0.05) is 0 Å². The molecule has 1 aromatic rings. The normalized spacial score (nSPS) is 29.8. The fourth-order valence-electron chi connectivity index (χ4n) is 3.97. The molecular formula is C15H19Cl2OPS. The molecule has 0 saturated carbocycles. The molecule has 0 aliphatic carbocycles. The summed E-state index contributed by atoms with van der Waals surface area (Å²) >= 11 is 17.5. The molecule has 2 heterocycles. The average Bonchev–Trinajstić information content (AvgIpc) is 2.59. The number of fused-ring (bicyclic) bond motifs is 2. The summed E-state index contributed by atoms with van der Waals surface area (Å²) in [5.41, 5.74) is 1.69. The second-order valence-electron chi connectivity index (χ2n) is 6.01. The van der Waals surface area contributed by atoms with Crippen LogP contribution in [0.25, 0.3) is 0 Å². The number of hydrogen-bond donors (Lipinski definition) is 1. The topological polar surface area (TPSA) is 17.1 Å². The Morgan fingerprint density at radius 1 is 1.05 bits per heavy atom. The van der Waals surface area contributed by atoms with Crippen LogP contribution < -0.4 is 0 Å². The van der Waals surface area contributed by atoms with E-state index in [0.717, 1.165) is 25.7 Å². The van der Waals surface area contributed by atoms with Crippen LogP contribution in [-0.2, 0) is 0 Å². The fourth-order valence-corrected chi connectivity index (χ4v) is 11.2. The third-order valence-corrected chi connectivity index (χ3v) is 13.1. The van der Waals surface area contributed by atoms with Gasteiger partial charge in [-0.25, -0.2) is 0 Å². The molecule has 1 nitrogen and oxygen atoms in total. The van der Waals surface area contributed by atoms with Gasteiger partial charge in [-0.05, 0) is 0 Å². The first-order chi connectivity index (χ1) is 9.55. The Labute approximate surface area is 135 Å². The second-order valence-corrected chi connectivity index (χ2v) is 12.8. The molecule has 2 unspecified atom stereocenters. The standard InChI is InChI=1S/C15H19Cl2OPS/c16-12-6-3-7-13(17)14(12)15(18)19(20)10-4-1-2-5-11(19)9-8-10/h3,6-7,10-11,19-20H,1-2,4-5,8-9H2. The molecule has 0 amide bonds. The van der Waals surface area contributed by atoms with Gasteiger partial charge in [-0.15, -0.1) is 0 Å². The minimum absolute atomic E-state index is 0.172. The molecule has 110 valence electrons. The van der Waals surface area contributed by atoms with Crippen LogP contribution in [0.5, 0.6) is 0 Å². The Balaban J connectivity index is 2.05. The van der Waals surface area contributed by atoms with Gasteiger partial charge in [0.2, 0.25) is 0 Å². The van der Waals surface area contributed by atoms with Gasteiger partial charge in [0.15, 0.2) is 0 Å². The summed E-state index contributed by atoms with van der Waals surface area (Å²) in [4.78, 5) is 13.2. The van der Waals surface area contributed by atoms with Crippen molar-refractivity contribution in [2.45, 2.75) is 49.8 Å². The van der Waals surface area contributed by atoms with Crippen molar-refractivity contribution < 1.29 is 4.79 Å². The summed E-state index contributed by atoms with van der Waals surface area (Å²) in [7, 11) is 0. The van der Waals surface area contributed by atoms with E-state index in [-0.39, 0.29) is 5.52 Å². The summed E-state index contributed by atoms with van der Waals surface area (Å²) in [5, 5.41) is 0.958. The summed E-state index contributed by atoms with van der Waals surface area (Å²) < 4.78 is 0. The number of rotatable bonds is 2. The summed E-state index contributed by atoms with van der Waals surface area (Å²) in [6.07, 6.45) is 7.10. The van der Waals surface area contributed by atoms with Gasteiger partial charge in [0.05, 0.1) is 0 Å². The van der Waals surface area contributed by atoms with E-state index in [4.69, 9.17) is 35.5 Å². The van der Waals surface area contributed by atoms with Crippen LogP contribution in [-0.4, -0.2) is 16.8 Å². The second kappa shape index (κ2) is 5.80. The van der Waals surface area contributed by atoms with E-state index < -0.39 is 6.46 Å². The molecule has 0 aromatic heterocycles. The van der Waals surface area contributed by atoms with Crippen LogP contribution in [0.15, 0.2) is 18.2 Å². The molecule has 2 atom stereocenters. The molecule has 20 heavy (non-hydrogen) atoms. The molecule has 5 heteroatoms. The Hall–Kier alpha value is 0.250. The van der Waals surface area contributed by atoms with Gasteiger partial charge in [0.1, 0.15) is 0 Å². The molecule has 3 rings (SSSR count). The monoisotopic (exact) mass is 348 g/mol. The zero-order valence-corrected chi connectivity index (χ0v) is 14.6. The van der Waals surface area contributed by atoms with Gasteiger partial charge < -0.3 is 0 Å². The Bertz CT molecular complexity index is 514.